The van der Waals surface area contributed by atoms with Crippen LogP contribution in [0.4, 0.5) is 24.5 Å². The quantitative estimate of drug-likeness (QED) is 0.498. The van der Waals surface area contributed by atoms with Crippen LogP contribution in [0, 0.1) is 17.5 Å². The summed E-state index contributed by atoms with van der Waals surface area (Å²) < 4.78 is 72.1. The first kappa shape index (κ1) is 23.8. The lowest BCUT2D eigenvalue weighted by molar-refractivity contribution is -0.123. The SMILES string of the molecule is CC(OC(=O)c1cccc(S(=O)(=O)Nc2ccc(F)cc2)c1)C(=O)Nc1ccc(F)cc1F. The molecule has 0 heterocycles. The molecule has 3 aromatic carbocycles. The minimum atomic E-state index is -4.11. The van der Waals surface area contributed by atoms with E-state index in [0.717, 1.165) is 30.3 Å². The van der Waals surface area contributed by atoms with Crippen LogP contribution < -0.4 is 10.0 Å². The highest BCUT2D eigenvalue weighted by Crippen LogP contribution is 2.19. The van der Waals surface area contributed by atoms with Gasteiger partial charge in [-0.15, -0.1) is 0 Å². The number of esters is 1. The number of amides is 1. The standard InChI is InChI=1S/C22H17F3N2O5S/c1-13(21(28)26-20-10-7-16(24)12-19(20)25)32-22(29)14-3-2-4-18(11-14)33(30,31)27-17-8-5-15(23)6-9-17/h2-13,27H,1H3,(H,26,28). The van der Waals surface area contributed by atoms with Crippen LogP contribution in [0.15, 0.2) is 71.6 Å². The second kappa shape index (κ2) is 9.74. The third-order valence-electron chi connectivity index (χ3n) is 4.32. The third-order valence-corrected chi connectivity index (χ3v) is 5.70. The number of benzene rings is 3. The largest absolute Gasteiger partial charge is 0.449 e. The van der Waals surface area contributed by atoms with Crippen LogP contribution in [-0.4, -0.2) is 26.4 Å². The van der Waals surface area contributed by atoms with Gasteiger partial charge >= 0.3 is 5.97 Å². The summed E-state index contributed by atoms with van der Waals surface area (Å²) in [5.41, 5.74) is -0.350. The van der Waals surface area contributed by atoms with Crippen molar-refractivity contribution in [3.05, 3.63) is 89.7 Å². The third kappa shape index (κ3) is 6.10. The van der Waals surface area contributed by atoms with Crippen molar-refractivity contribution in [3.63, 3.8) is 0 Å². The summed E-state index contributed by atoms with van der Waals surface area (Å²) in [5.74, 6) is -4.25. The molecule has 33 heavy (non-hydrogen) atoms. The lowest BCUT2D eigenvalue weighted by atomic mass is 10.2. The van der Waals surface area contributed by atoms with E-state index in [2.05, 4.69) is 10.0 Å². The predicted molar refractivity (Wildman–Crippen MR) is 114 cm³/mol. The monoisotopic (exact) mass is 478 g/mol. The Kier molecular flexibility index (Phi) is 7.02. The molecular weight excluding hydrogens is 461 g/mol. The Morgan fingerprint density at radius 3 is 2.24 bits per heavy atom. The van der Waals surface area contributed by atoms with E-state index in [9.17, 15) is 31.2 Å². The molecule has 0 aliphatic carbocycles. The Hall–Kier alpha value is -3.86. The fourth-order valence-corrected chi connectivity index (χ4v) is 3.73. The minimum absolute atomic E-state index is 0.114. The van der Waals surface area contributed by atoms with Gasteiger partial charge in [0.15, 0.2) is 6.10 Å². The lowest BCUT2D eigenvalue weighted by Crippen LogP contribution is -2.30. The average Bonchev–Trinajstić information content (AvgIpc) is 2.77. The molecular formula is C22H17F3N2O5S. The second-order valence-electron chi connectivity index (χ2n) is 6.80. The van der Waals surface area contributed by atoms with Gasteiger partial charge in [0.1, 0.15) is 17.5 Å². The van der Waals surface area contributed by atoms with Crippen molar-refractivity contribution < 1.29 is 35.9 Å². The van der Waals surface area contributed by atoms with Gasteiger partial charge < -0.3 is 10.1 Å². The van der Waals surface area contributed by atoms with Gasteiger partial charge in [-0.25, -0.2) is 26.4 Å². The normalized spacial score (nSPS) is 12.0. The van der Waals surface area contributed by atoms with Gasteiger partial charge in [-0.05, 0) is 61.5 Å². The zero-order valence-electron chi connectivity index (χ0n) is 17.0. The minimum Gasteiger partial charge on any atom is -0.449 e. The summed E-state index contributed by atoms with van der Waals surface area (Å²) in [7, 11) is -4.11. The number of rotatable bonds is 7. The number of carbonyl (C=O) groups is 2. The van der Waals surface area contributed by atoms with Crippen LogP contribution in [0.25, 0.3) is 0 Å². The molecule has 1 amide bonds. The van der Waals surface area contributed by atoms with Gasteiger partial charge in [0.05, 0.1) is 16.1 Å². The molecule has 0 spiro atoms. The van der Waals surface area contributed by atoms with Crippen LogP contribution in [0.5, 0.6) is 0 Å². The van der Waals surface area contributed by atoms with Gasteiger partial charge in [0.25, 0.3) is 15.9 Å². The van der Waals surface area contributed by atoms with E-state index in [1.165, 1.54) is 37.3 Å². The number of ether oxygens (including phenoxy) is 1. The summed E-state index contributed by atoms with van der Waals surface area (Å²) in [6.07, 6.45) is -1.38. The molecule has 3 rings (SSSR count). The molecule has 0 fully saturated rings. The predicted octanol–water partition coefficient (Wildman–Crippen LogP) is 4.09. The molecule has 0 saturated carbocycles. The van der Waals surface area contributed by atoms with Gasteiger partial charge in [-0.2, -0.15) is 0 Å². The Balaban J connectivity index is 1.69. The highest BCUT2D eigenvalue weighted by molar-refractivity contribution is 7.92. The number of hydrogen-bond donors (Lipinski definition) is 2. The van der Waals surface area contributed by atoms with Crippen molar-refractivity contribution in [2.75, 3.05) is 10.0 Å². The van der Waals surface area contributed by atoms with Crippen molar-refractivity contribution in [1.29, 1.82) is 0 Å². The zero-order valence-corrected chi connectivity index (χ0v) is 17.8. The molecule has 172 valence electrons. The number of carbonyl (C=O) groups excluding carboxylic acids is 2. The maximum absolute atomic E-state index is 13.7. The number of anilines is 2. The van der Waals surface area contributed by atoms with Crippen LogP contribution in [-0.2, 0) is 19.6 Å². The Labute approximate surface area is 187 Å². The number of nitrogens with one attached hydrogen (secondary N) is 2. The topological polar surface area (TPSA) is 102 Å². The van der Waals surface area contributed by atoms with Crippen LogP contribution in [0.3, 0.4) is 0 Å². The van der Waals surface area contributed by atoms with Crippen molar-refractivity contribution in [3.8, 4) is 0 Å². The van der Waals surface area contributed by atoms with Gasteiger partial charge in [0, 0.05) is 11.8 Å². The molecule has 0 radical (unpaired) electrons. The van der Waals surface area contributed by atoms with E-state index >= 15 is 0 Å². The van der Waals surface area contributed by atoms with Crippen molar-refractivity contribution >= 4 is 33.3 Å². The molecule has 0 aliphatic rings. The average molecular weight is 478 g/mol. The van der Waals surface area contributed by atoms with Crippen molar-refractivity contribution in [2.45, 2.75) is 17.9 Å². The molecule has 0 bridgehead atoms. The van der Waals surface area contributed by atoms with Crippen molar-refractivity contribution in [1.82, 2.24) is 0 Å². The first-order valence-corrected chi connectivity index (χ1v) is 10.9. The van der Waals surface area contributed by atoms with E-state index in [1.807, 2.05) is 0 Å². The molecule has 7 nitrogen and oxygen atoms in total. The first-order chi connectivity index (χ1) is 15.5. The second-order valence-corrected chi connectivity index (χ2v) is 8.48. The van der Waals surface area contributed by atoms with Gasteiger partial charge in [0.2, 0.25) is 0 Å². The van der Waals surface area contributed by atoms with Gasteiger partial charge in [-0.3, -0.25) is 9.52 Å². The highest BCUT2D eigenvalue weighted by Gasteiger charge is 2.22. The van der Waals surface area contributed by atoms with Crippen LogP contribution in [0.1, 0.15) is 17.3 Å². The van der Waals surface area contributed by atoms with Crippen molar-refractivity contribution in [2.24, 2.45) is 0 Å². The fraction of sp³-hybridized carbons (Fsp3) is 0.0909. The summed E-state index contributed by atoms with van der Waals surface area (Å²) in [6.45, 7) is 1.23. The Morgan fingerprint density at radius 2 is 1.58 bits per heavy atom. The molecule has 1 atom stereocenters. The van der Waals surface area contributed by atoms with Crippen LogP contribution >= 0.6 is 0 Å². The number of sulfonamides is 1. The highest BCUT2D eigenvalue weighted by atomic mass is 32.2. The number of hydrogen-bond acceptors (Lipinski definition) is 5. The Morgan fingerprint density at radius 1 is 0.909 bits per heavy atom. The summed E-state index contributed by atoms with van der Waals surface area (Å²) in [6, 6.07) is 12.0. The maximum atomic E-state index is 13.7. The summed E-state index contributed by atoms with van der Waals surface area (Å²) in [4.78, 5) is 24.3. The van der Waals surface area contributed by atoms with E-state index in [-0.39, 0.29) is 21.8 Å². The molecule has 1 unspecified atom stereocenters. The Bertz CT molecular complexity index is 1300. The van der Waals surface area contributed by atoms with Gasteiger partial charge in [-0.1, -0.05) is 6.07 Å². The smallest absolute Gasteiger partial charge is 0.338 e. The fourth-order valence-electron chi connectivity index (χ4n) is 2.63. The zero-order chi connectivity index (χ0) is 24.2. The number of halogens is 3. The first-order valence-electron chi connectivity index (χ1n) is 9.40. The van der Waals surface area contributed by atoms with E-state index < -0.39 is 45.5 Å². The van der Waals surface area contributed by atoms with Crippen LogP contribution in [0.2, 0.25) is 0 Å². The van der Waals surface area contributed by atoms with E-state index in [1.54, 1.807) is 0 Å². The summed E-state index contributed by atoms with van der Waals surface area (Å²) in [5, 5.41) is 2.17. The molecule has 0 aromatic heterocycles. The molecule has 3 aromatic rings. The summed E-state index contributed by atoms with van der Waals surface area (Å²) >= 11 is 0. The maximum Gasteiger partial charge on any atom is 0.338 e. The molecule has 2 N–H and O–H groups in total. The molecule has 11 heteroatoms. The van der Waals surface area contributed by atoms with E-state index in [4.69, 9.17) is 4.74 Å². The molecule has 0 saturated heterocycles. The lowest BCUT2D eigenvalue weighted by Gasteiger charge is -2.14. The van der Waals surface area contributed by atoms with E-state index in [0.29, 0.717) is 6.07 Å². The molecule has 0 aliphatic heterocycles.